The molecule has 0 fully saturated rings. The second-order valence-electron chi connectivity index (χ2n) is 5.48. The SMILES string of the molecule is Cc1cc(Br)ccc1NC(=O)C(C)(C)Oc1ccc(F)cc1. The summed E-state index contributed by atoms with van der Waals surface area (Å²) in [5.74, 6) is -0.184. The zero-order valence-corrected chi connectivity index (χ0v) is 14.2. The van der Waals surface area contributed by atoms with Crippen molar-refractivity contribution in [1.82, 2.24) is 0 Å². The molecule has 0 unspecified atom stereocenters. The minimum absolute atomic E-state index is 0.276. The highest BCUT2D eigenvalue weighted by Gasteiger charge is 2.30. The second kappa shape index (κ2) is 6.48. The van der Waals surface area contributed by atoms with Crippen LogP contribution in [-0.4, -0.2) is 11.5 Å². The molecule has 0 atom stereocenters. The van der Waals surface area contributed by atoms with Gasteiger partial charge in [0, 0.05) is 10.2 Å². The van der Waals surface area contributed by atoms with E-state index in [0.29, 0.717) is 5.75 Å². The van der Waals surface area contributed by atoms with Crippen LogP contribution >= 0.6 is 15.9 Å². The molecule has 3 nitrogen and oxygen atoms in total. The minimum atomic E-state index is -1.09. The van der Waals surface area contributed by atoms with E-state index in [4.69, 9.17) is 4.74 Å². The lowest BCUT2D eigenvalue weighted by Gasteiger charge is -2.25. The molecule has 1 amide bonds. The summed E-state index contributed by atoms with van der Waals surface area (Å²) in [6.07, 6.45) is 0. The number of rotatable bonds is 4. The number of hydrogen-bond acceptors (Lipinski definition) is 2. The molecule has 0 bridgehead atoms. The number of carbonyl (C=O) groups excluding carboxylic acids is 1. The molecule has 0 aliphatic rings. The van der Waals surface area contributed by atoms with Crippen molar-refractivity contribution in [3.8, 4) is 5.75 Å². The quantitative estimate of drug-likeness (QED) is 0.852. The number of benzene rings is 2. The van der Waals surface area contributed by atoms with Crippen molar-refractivity contribution < 1.29 is 13.9 Å². The van der Waals surface area contributed by atoms with E-state index in [1.54, 1.807) is 13.8 Å². The van der Waals surface area contributed by atoms with Crippen LogP contribution in [0, 0.1) is 12.7 Å². The first kappa shape index (κ1) is 16.5. The summed E-state index contributed by atoms with van der Waals surface area (Å²) in [5, 5.41) is 2.85. The first-order valence-corrected chi connectivity index (χ1v) is 7.59. The normalized spacial score (nSPS) is 11.1. The highest BCUT2D eigenvalue weighted by atomic mass is 79.9. The maximum atomic E-state index is 12.9. The van der Waals surface area contributed by atoms with E-state index in [1.165, 1.54) is 24.3 Å². The van der Waals surface area contributed by atoms with Gasteiger partial charge in [0.05, 0.1) is 0 Å². The lowest BCUT2D eigenvalue weighted by atomic mass is 10.1. The number of anilines is 1. The van der Waals surface area contributed by atoms with Gasteiger partial charge in [0.1, 0.15) is 11.6 Å². The van der Waals surface area contributed by atoms with Crippen LogP contribution in [0.4, 0.5) is 10.1 Å². The van der Waals surface area contributed by atoms with Crippen LogP contribution < -0.4 is 10.1 Å². The van der Waals surface area contributed by atoms with Gasteiger partial charge in [-0.2, -0.15) is 0 Å². The van der Waals surface area contributed by atoms with Gasteiger partial charge in [-0.05, 0) is 68.8 Å². The van der Waals surface area contributed by atoms with Gasteiger partial charge >= 0.3 is 0 Å². The van der Waals surface area contributed by atoms with E-state index in [1.807, 2.05) is 25.1 Å². The molecular weight excluding hydrogens is 349 g/mol. The fourth-order valence-electron chi connectivity index (χ4n) is 1.88. The molecule has 0 radical (unpaired) electrons. The lowest BCUT2D eigenvalue weighted by molar-refractivity contribution is -0.128. The maximum absolute atomic E-state index is 12.9. The Balaban J connectivity index is 2.11. The van der Waals surface area contributed by atoms with Crippen molar-refractivity contribution in [2.45, 2.75) is 26.4 Å². The summed E-state index contributed by atoms with van der Waals surface area (Å²) >= 11 is 3.38. The molecule has 22 heavy (non-hydrogen) atoms. The third kappa shape index (κ3) is 4.07. The van der Waals surface area contributed by atoms with E-state index in [9.17, 15) is 9.18 Å². The van der Waals surface area contributed by atoms with Crippen molar-refractivity contribution in [2.75, 3.05) is 5.32 Å². The summed E-state index contributed by atoms with van der Waals surface area (Å²) in [5.41, 5.74) is 0.585. The fraction of sp³-hybridized carbons (Fsp3) is 0.235. The summed E-state index contributed by atoms with van der Waals surface area (Å²) in [4.78, 5) is 12.4. The van der Waals surface area contributed by atoms with E-state index >= 15 is 0 Å². The zero-order valence-electron chi connectivity index (χ0n) is 12.6. The van der Waals surface area contributed by atoms with Gasteiger partial charge in [-0.25, -0.2) is 4.39 Å². The Kier molecular flexibility index (Phi) is 4.86. The van der Waals surface area contributed by atoms with Gasteiger partial charge in [0.15, 0.2) is 5.60 Å². The average molecular weight is 366 g/mol. The molecule has 0 saturated carbocycles. The minimum Gasteiger partial charge on any atom is -0.478 e. The van der Waals surface area contributed by atoms with Crippen LogP contribution in [0.15, 0.2) is 46.9 Å². The summed E-state index contributed by atoms with van der Waals surface area (Å²) in [6.45, 7) is 5.24. The third-order valence-electron chi connectivity index (χ3n) is 3.17. The highest BCUT2D eigenvalue weighted by molar-refractivity contribution is 9.10. The second-order valence-corrected chi connectivity index (χ2v) is 6.40. The smallest absolute Gasteiger partial charge is 0.267 e. The number of amides is 1. The molecule has 0 aliphatic heterocycles. The molecule has 5 heteroatoms. The standard InChI is InChI=1S/C17H17BrFNO2/c1-11-10-12(18)4-9-15(11)20-16(21)17(2,3)22-14-7-5-13(19)6-8-14/h4-10H,1-3H3,(H,20,21). The Morgan fingerprint density at radius 2 is 1.82 bits per heavy atom. The Hall–Kier alpha value is -1.88. The number of aryl methyl sites for hydroxylation is 1. The van der Waals surface area contributed by atoms with Gasteiger partial charge in [-0.3, -0.25) is 4.79 Å². The monoisotopic (exact) mass is 365 g/mol. The number of halogens is 2. The molecule has 2 aromatic carbocycles. The maximum Gasteiger partial charge on any atom is 0.267 e. The summed E-state index contributed by atoms with van der Waals surface area (Å²) in [6, 6.07) is 11.2. The third-order valence-corrected chi connectivity index (χ3v) is 3.66. The average Bonchev–Trinajstić information content (AvgIpc) is 2.44. The molecule has 2 aromatic rings. The van der Waals surface area contributed by atoms with Crippen LogP contribution in [0.5, 0.6) is 5.75 Å². The zero-order chi connectivity index (χ0) is 16.3. The topological polar surface area (TPSA) is 38.3 Å². The summed E-state index contributed by atoms with van der Waals surface area (Å²) < 4.78 is 19.5. The number of hydrogen-bond donors (Lipinski definition) is 1. The molecule has 2 rings (SSSR count). The van der Waals surface area contributed by atoms with Crippen LogP contribution in [0.25, 0.3) is 0 Å². The van der Waals surface area contributed by atoms with Gasteiger partial charge in [0.25, 0.3) is 5.91 Å². The van der Waals surface area contributed by atoms with Crippen molar-refractivity contribution in [1.29, 1.82) is 0 Å². The Morgan fingerprint density at radius 1 is 1.18 bits per heavy atom. The molecule has 116 valence electrons. The molecular formula is C17H17BrFNO2. The Morgan fingerprint density at radius 3 is 2.41 bits per heavy atom. The van der Waals surface area contributed by atoms with E-state index in [2.05, 4.69) is 21.2 Å². The largest absolute Gasteiger partial charge is 0.478 e. The molecule has 0 heterocycles. The molecule has 0 saturated heterocycles. The molecule has 0 aromatic heterocycles. The first-order valence-electron chi connectivity index (χ1n) is 6.80. The highest BCUT2D eigenvalue weighted by Crippen LogP contribution is 2.23. The van der Waals surface area contributed by atoms with Gasteiger partial charge in [-0.15, -0.1) is 0 Å². The predicted octanol–water partition coefficient (Wildman–Crippen LogP) is 4.69. The van der Waals surface area contributed by atoms with E-state index in [-0.39, 0.29) is 11.7 Å². The van der Waals surface area contributed by atoms with Crippen LogP contribution in [0.3, 0.4) is 0 Å². The summed E-state index contributed by atoms with van der Waals surface area (Å²) in [7, 11) is 0. The van der Waals surface area contributed by atoms with Crippen molar-refractivity contribution in [3.05, 3.63) is 58.3 Å². The predicted molar refractivity (Wildman–Crippen MR) is 88.6 cm³/mol. The van der Waals surface area contributed by atoms with Gasteiger partial charge in [0.2, 0.25) is 0 Å². The number of nitrogens with one attached hydrogen (secondary N) is 1. The van der Waals surface area contributed by atoms with E-state index in [0.717, 1.165) is 15.7 Å². The van der Waals surface area contributed by atoms with Crippen LogP contribution in [0.1, 0.15) is 19.4 Å². The Labute approximate surface area is 137 Å². The van der Waals surface area contributed by atoms with Crippen molar-refractivity contribution in [2.24, 2.45) is 0 Å². The van der Waals surface area contributed by atoms with E-state index < -0.39 is 5.60 Å². The van der Waals surface area contributed by atoms with Crippen LogP contribution in [-0.2, 0) is 4.79 Å². The molecule has 0 spiro atoms. The lowest BCUT2D eigenvalue weighted by Crippen LogP contribution is -2.42. The Bertz CT molecular complexity index is 684. The van der Waals surface area contributed by atoms with Crippen LogP contribution in [0.2, 0.25) is 0 Å². The van der Waals surface area contributed by atoms with Gasteiger partial charge in [-0.1, -0.05) is 15.9 Å². The molecule has 0 aliphatic carbocycles. The number of ether oxygens (including phenoxy) is 1. The fourth-order valence-corrected chi connectivity index (χ4v) is 2.36. The molecule has 1 N–H and O–H groups in total. The number of carbonyl (C=O) groups is 1. The van der Waals surface area contributed by atoms with Crippen molar-refractivity contribution in [3.63, 3.8) is 0 Å². The van der Waals surface area contributed by atoms with Crippen molar-refractivity contribution >= 4 is 27.5 Å². The van der Waals surface area contributed by atoms with Gasteiger partial charge < -0.3 is 10.1 Å². The first-order chi connectivity index (χ1) is 10.3.